The average Bonchev–Trinajstić information content (AvgIpc) is 3.10. The molecule has 1 heterocycles. The van der Waals surface area contributed by atoms with E-state index < -0.39 is 10.0 Å². The van der Waals surface area contributed by atoms with Crippen LogP contribution in [0.25, 0.3) is 0 Å². The van der Waals surface area contributed by atoms with E-state index in [1.807, 2.05) is 17.0 Å². The fourth-order valence-corrected chi connectivity index (χ4v) is 6.09. The van der Waals surface area contributed by atoms with Crippen LogP contribution in [-0.2, 0) is 34.1 Å². The average molecular weight is 484 g/mol. The zero-order valence-electron chi connectivity index (χ0n) is 20.0. The Morgan fingerprint density at radius 2 is 1.68 bits per heavy atom. The summed E-state index contributed by atoms with van der Waals surface area (Å²) in [7, 11) is -3.60. The number of hydrogen-bond donors (Lipinski definition) is 1. The molecule has 34 heavy (non-hydrogen) atoms. The number of fused-ring (bicyclic) bond motifs is 1. The van der Waals surface area contributed by atoms with Crippen molar-refractivity contribution in [3.8, 4) is 0 Å². The highest BCUT2D eigenvalue weighted by atomic mass is 32.2. The van der Waals surface area contributed by atoms with Gasteiger partial charge in [0.15, 0.2) is 0 Å². The van der Waals surface area contributed by atoms with Gasteiger partial charge in [0.2, 0.25) is 15.9 Å². The highest BCUT2D eigenvalue weighted by Gasteiger charge is 2.21. The summed E-state index contributed by atoms with van der Waals surface area (Å²) in [6.07, 6.45) is 7.58. The smallest absolute Gasteiger partial charge is 0.240 e. The molecule has 0 atom stereocenters. The van der Waals surface area contributed by atoms with Gasteiger partial charge in [-0.1, -0.05) is 36.4 Å². The van der Waals surface area contributed by atoms with Crippen LogP contribution in [0, 0.1) is 0 Å². The molecule has 2 aromatic carbocycles. The van der Waals surface area contributed by atoms with Crippen LogP contribution >= 0.6 is 0 Å². The summed E-state index contributed by atoms with van der Waals surface area (Å²) in [6.45, 7) is 4.51. The summed E-state index contributed by atoms with van der Waals surface area (Å²) in [5, 5.41) is 0. The number of carbonyl (C=O) groups excluding carboxylic acids is 1. The fraction of sp³-hybridized carbons (Fsp3) is 0.519. The number of benzene rings is 2. The van der Waals surface area contributed by atoms with Crippen molar-refractivity contribution in [3.63, 3.8) is 0 Å². The van der Waals surface area contributed by atoms with Crippen molar-refractivity contribution in [1.82, 2.24) is 14.5 Å². The number of carbonyl (C=O) groups is 1. The lowest BCUT2D eigenvalue weighted by atomic mass is 9.92. The van der Waals surface area contributed by atoms with Crippen LogP contribution in [0.2, 0.25) is 0 Å². The van der Waals surface area contributed by atoms with Gasteiger partial charge in [-0.05, 0) is 86.9 Å². The Kier molecular flexibility index (Phi) is 8.75. The molecule has 1 fully saturated rings. The molecule has 0 aromatic heterocycles. The van der Waals surface area contributed by atoms with Crippen LogP contribution in [-0.4, -0.2) is 63.4 Å². The van der Waals surface area contributed by atoms with E-state index in [0.29, 0.717) is 11.4 Å². The highest BCUT2D eigenvalue weighted by Crippen LogP contribution is 2.24. The summed E-state index contributed by atoms with van der Waals surface area (Å²) in [4.78, 5) is 17.4. The molecule has 6 nitrogen and oxygen atoms in total. The molecule has 2 aliphatic rings. The Labute approximate surface area is 204 Å². The number of nitrogens with zero attached hydrogens (tertiary/aromatic N) is 2. The third kappa shape index (κ3) is 6.90. The van der Waals surface area contributed by atoms with E-state index in [1.54, 1.807) is 12.1 Å². The summed E-state index contributed by atoms with van der Waals surface area (Å²) in [5.74, 6) is 0.0271. The summed E-state index contributed by atoms with van der Waals surface area (Å²) < 4.78 is 28.1. The Balaban J connectivity index is 1.19. The first-order valence-electron chi connectivity index (χ1n) is 12.7. The molecule has 0 bridgehead atoms. The lowest BCUT2D eigenvalue weighted by molar-refractivity contribution is -0.130. The van der Waals surface area contributed by atoms with Crippen molar-refractivity contribution in [2.24, 2.45) is 0 Å². The van der Waals surface area contributed by atoms with Crippen LogP contribution < -0.4 is 4.72 Å². The van der Waals surface area contributed by atoms with Gasteiger partial charge in [0, 0.05) is 32.6 Å². The van der Waals surface area contributed by atoms with E-state index in [1.165, 1.54) is 17.5 Å². The molecule has 0 saturated carbocycles. The lowest BCUT2D eigenvalue weighted by Gasteiger charge is -2.22. The molecular weight excluding hydrogens is 446 g/mol. The number of aryl methyl sites for hydroxylation is 3. The summed E-state index contributed by atoms with van der Waals surface area (Å²) >= 11 is 0. The van der Waals surface area contributed by atoms with Crippen molar-refractivity contribution in [2.75, 3.05) is 39.3 Å². The van der Waals surface area contributed by atoms with Crippen molar-refractivity contribution in [3.05, 3.63) is 65.2 Å². The van der Waals surface area contributed by atoms with E-state index in [2.05, 4.69) is 33.9 Å². The number of amides is 1. The van der Waals surface area contributed by atoms with Gasteiger partial charge in [-0.2, -0.15) is 0 Å². The maximum Gasteiger partial charge on any atom is 0.240 e. The normalized spacial score (nSPS) is 17.2. The Morgan fingerprint density at radius 1 is 0.882 bits per heavy atom. The summed E-state index contributed by atoms with van der Waals surface area (Å²) in [6, 6.07) is 16.0. The maximum atomic E-state index is 12.7. The molecule has 0 unspecified atom stereocenters. The number of sulfonamides is 1. The second kappa shape index (κ2) is 12.0. The van der Waals surface area contributed by atoms with E-state index in [-0.39, 0.29) is 18.9 Å². The molecule has 0 spiro atoms. The monoisotopic (exact) mass is 483 g/mol. The fourth-order valence-electron chi connectivity index (χ4n) is 5.01. The van der Waals surface area contributed by atoms with Gasteiger partial charge in [-0.15, -0.1) is 0 Å². The predicted molar refractivity (Wildman–Crippen MR) is 135 cm³/mol. The molecule has 4 rings (SSSR count). The SMILES string of the molecule is O=C(CCNS(=O)(=O)c1ccc2c(c1)CCCC2)N1CCCN(CCCc2ccccc2)CC1. The molecule has 1 saturated heterocycles. The van der Waals surface area contributed by atoms with Crippen LogP contribution in [0.4, 0.5) is 0 Å². The first-order chi connectivity index (χ1) is 16.5. The van der Waals surface area contributed by atoms with E-state index in [9.17, 15) is 13.2 Å². The molecular formula is C27H37N3O3S. The second-order valence-electron chi connectivity index (χ2n) is 9.45. The van der Waals surface area contributed by atoms with Gasteiger partial charge in [-0.3, -0.25) is 4.79 Å². The summed E-state index contributed by atoms with van der Waals surface area (Å²) in [5.41, 5.74) is 3.77. The largest absolute Gasteiger partial charge is 0.341 e. The molecule has 1 aliphatic heterocycles. The van der Waals surface area contributed by atoms with E-state index in [0.717, 1.165) is 70.3 Å². The van der Waals surface area contributed by atoms with Crippen molar-refractivity contribution in [2.45, 2.75) is 56.3 Å². The third-order valence-corrected chi connectivity index (χ3v) is 8.44. The Hall–Kier alpha value is -2.22. The number of rotatable bonds is 9. The second-order valence-corrected chi connectivity index (χ2v) is 11.2. The molecule has 1 amide bonds. The zero-order valence-corrected chi connectivity index (χ0v) is 20.9. The molecule has 1 aliphatic carbocycles. The van der Waals surface area contributed by atoms with E-state index >= 15 is 0 Å². The molecule has 7 heteroatoms. The van der Waals surface area contributed by atoms with Crippen LogP contribution in [0.1, 0.15) is 48.8 Å². The first-order valence-corrected chi connectivity index (χ1v) is 14.2. The third-order valence-electron chi connectivity index (χ3n) is 6.99. The van der Waals surface area contributed by atoms with Crippen LogP contribution in [0.5, 0.6) is 0 Å². The van der Waals surface area contributed by atoms with Crippen molar-refractivity contribution >= 4 is 15.9 Å². The first kappa shape index (κ1) is 24.9. The van der Waals surface area contributed by atoms with Gasteiger partial charge in [0.1, 0.15) is 0 Å². The van der Waals surface area contributed by atoms with Gasteiger partial charge in [0.05, 0.1) is 4.90 Å². The highest BCUT2D eigenvalue weighted by molar-refractivity contribution is 7.89. The van der Waals surface area contributed by atoms with Crippen LogP contribution in [0.3, 0.4) is 0 Å². The number of hydrogen-bond acceptors (Lipinski definition) is 4. The van der Waals surface area contributed by atoms with E-state index in [4.69, 9.17) is 0 Å². The maximum absolute atomic E-state index is 12.7. The molecule has 0 radical (unpaired) electrons. The zero-order chi connectivity index (χ0) is 23.8. The Bertz CT molecular complexity index is 1060. The number of nitrogens with one attached hydrogen (secondary N) is 1. The predicted octanol–water partition coefficient (Wildman–Crippen LogP) is 3.40. The van der Waals surface area contributed by atoms with Crippen molar-refractivity contribution < 1.29 is 13.2 Å². The standard InChI is InChI=1S/C27H37N3O3S/c31-27(15-16-28-34(32,33)26-14-13-24-11-4-5-12-25(24)22-26)30-19-7-18-29(20-21-30)17-6-10-23-8-2-1-3-9-23/h1-3,8-9,13-14,22,28H,4-7,10-12,15-21H2. The molecule has 184 valence electrons. The van der Waals surface area contributed by atoms with Crippen molar-refractivity contribution in [1.29, 1.82) is 0 Å². The topological polar surface area (TPSA) is 69.7 Å². The minimum absolute atomic E-state index is 0.0271. The lowest BCUT2D eigenvalue weighted by Crippen LogP contribution is -2.37. The minimum Gasteiger partial charge on any atom is -0.341 e. The minimum atomic E-state index is -3.60. The van der Waals surface area contributed by atoms with Gasteiger partial charge >= 0.3 is 0 Å². The Morgan fingerprint density at radius 3 is 2.50 bits per heavy atom. The molecule has 1 N–H and O–H groups in total. The van der Waals surface area contributed by atoms with Crippen LogP contribution in [0.15, 0.2) is 53.4 Å². The quantitative estimate of drug-likeness (QED) is 0.594. The molecule has 2 aromatic rings. The van der Waals surface area contributed by atoms with Gasteiger partial charge in [-0.25, -0.2) is 13.1 Å². The van der Waals surface area contributed by atoms with Gasteiger partial charge < -0.3 is 9.80 Å². The van der Waals surface area contributed by atoms with Gasteiger partial charge in [0.25, 0.3) is 0 Å².